The van der Waals surface area contributed by atoms with E-state index in [1.165, 1.54) is 25.7 Å². The molecule has 2 saturated heterocycles. The zero-order valence-electron chi connectivity index (χ0n) is 18.8. The second kappa shape index (κ2) is 9.41. The molecule has 0 unspecified atom stereocenters. The fraction of sp³-hybridized carbons (Fsp3) is 0.429. The molecule has 33 heavy (non-hydrogen) atoms. The Kier molecular flexibility index (Phi) is 6.20. The Morgan fingerprint density at radius 3 is 2.45 bits per heavy atom. The molecule has 2 aromatic carbocycles. The Labute approximate surface area is 195 Å². The van der Waals surface area contributed by atoms with Gasteiger partial charge in [-0.05, 0) is 48.6 Å². The van der Waals surface area contributed by atoms with E-state index in [1.54, 1.807) is 21.9 Å². The number of rotatable bonds is 4. The molecule has 2 amide bonds. The summed E-state index contributed by atoms with van der Waals surface area (Å²) in [6.45, 7) is 0.453. The molecule has 5 rings (SSSR count). The van der Waals surface area contributed by atoms with Gasteiger partial charge in [-0.25, -0.2) is 0 Å². The molecule has 0 radical (unpaired) electrons. The highest BCUT2D eigenvalue weighted by Crippen LogP contribution is 2.43. The van der Waals surface area contributed by atoms with Crippen molar-refractivity contribution in [3.63, 3.8) is 0 Å². The molecule has 2 heterocycles. The number of amides is 2. The average Bonchev–Trinajstić information content (AvgIpc) is 3.35. The van der Waals surface area contributed by atoms with E-state index in [-0.39, 0.29) is 43.0 Å². The molecular weight excluding hydrogens is 412 g/mol. The lowest BCUT2D eigenvalue weighted by Crippen LogP contribution is -2.73. The first-order chi connectivity index (χ1) is 16.2. The Hall–Kier alpha value is -3.10. The van der Waals surface area contributed by atoms with E-state index in [9.17, 15) is 14.7 Å². The van der Waals surface area contributed by atoms with Crippen LogP contribution in [0.5, 0.6) is 0 Å². The van der Waals surface area contributed by atoms with Crippen molar-refractivity contribution in [3.05, 3.63) is 71.3 Å². The van der Waals surface area contributed by atoms with E-state index in [0.29, 0.717) is 12.1 Å². The van der Waals surface area contributed by atoms with Crippen molar-refractivity contribution in [2.75, 3.05) is 19.7 Å². The van der Waals surface area contributed by atoms with Gasteiger partial charge in [-0.3, -0.25) is 9.59 Å². The summed E-state index contributed by atoms with van der Waals surface area (Å²) in [6, 6.07) is 16.9. The van der Waals surface area contributed by atoms with Crippen molar-refractivity contribution in [2.24, 2.45) is 5.92 Å². The Balaban J connectivity index is 1.30. The van der Waals surface area contributed by atoms with Crippen LogP contribution in [0.2, 0.25) is 0 Å². The normalized spacial score (nSPS) is 24.6. The molecule has 5 heteroatoms. The van der Waals surface area contributed by atoms with Crippen LogP contribution in [0.4, 0.5) is 0 Å². The summed E-state index contributed by atoms with van der Waals surface area (Å²) in [4.78, 5) is 29.2. The summed E-state index contributed by atoms with van der Waals surface area (Å²) in [7, 11) is 0. The number of carbonyl (C=O) groups is 2. The summed E-state index contributed by atoms with van der Waals surface area (Å²) >= 11 is 0. The van der Waals surface area contributed by atoms with Crippen molar-refractivity contribution in [1.82, 2.24) is 9.80 Å². The van der Waals surface area contributed by atoms with Crippen LogP contribution in [0, 0.1) is 17.8 Å². The van der Waals surface area contributed by atoms with Gasteiger partial charge in [-0.15, -0.1) is 0 Å². The summed E-state index contributed by atoms with van der Waals surface area (Å²) in [6.07, 6.45) is 6.25. The number of aliphatic hydroxyl groups excluding tert-OH is 1. The molecule has 3 fully saturated rings. The monoisotopic (exact) mass is 442 g/mol. The van der Waals surface area contributed by atoms with Gasteiger partial charge in [-0.2, -0.15) is 0 Å². The number of hydrogen-bond acceptors (Lipinski definition) is 3. The summed E-state index contributed by atoms with van der Waals surface area (Å²) < 4.78 is 0. The summed E-state index contributed by atoms with van der Waals surface area (Å²) in [5, 5.41) is 10.0. The van der Waals surface area contributed by atoms with Gasteiger partial charge in [0.2, 0.25) is 5.91 Å². The highest BCUT2D eigenvalue weighted by Gasteiger charge is 2.54. The van der Waals surface area contributed by atoms with Crippen LogP contribution in [0.3, 0.4) is 0 Å². The maximum atomic E-state index is 12.9. The zero-order valence-corrected chi connectivity index (χ0v) is 18.8. The number of fused-ring (bicyclic) bond motifs is 1. The van der Waals surface area contributed by atoms with Crippen molar-refractivity contribution < 1.29 is 14.7 Å². The minimum absolute atomic E-state index is 0.00539. The zero-order chi connectivity index (χ0) is 22.8. The van der Waals surface area contributed by atoms with Crippen LogP contribution in [-0.2, 0) is 4.79 Å². The third-order valence-electron chi connectivity index (χ3n) is 7.45. The summed E-state index contributed by atoms with van der Waals surface area (Å²) in [5.74, 6) is 7.17. The molecule has 2 aliphatic heterocycles. The second-order valence-electron chi connectivity index (χ2n) is 9.47. The number of carbonyl (C=O) groups excluding carboxylic acids is 2. The van der Waals surface area contributed by atoms with Crippen molar-refractivity contribution in [1.29, 1.82) is 0 Å². The number of aliphatic hydroxyl groups is 1. The topological polar surface area (TPSA) is 60.9 Å². The fourth-order valence-electron chi connectivity index (χ4n) is 5.72. The highest BCUT2D eigenvalue weighted by molar-refractivity contribution is 5.97. The molecule has 1 aliphatic carbocycles. The van der Waals surface area contributed by atoms with Crippen LogP contribution in [0.25, 0.3) is 0 Å². The predicted molar refractivity (Wildman–Crippen MR) is 126 cm³/mol. The standard InChI is InChI=1S/C28H30N2O3/c31-19-25-27(22-15-13-21(14-16-22)10-6-9-20-7-4-5-8-20)24-17-29(18-26(32)30(24)25)28(33)23-11-2-1-3-12-23/h1-3,11-16,20,24-25,27,31H,4-5,7-9,17-19H2/t24-,25+,27-/m1/s1. The van der Waals surface area contributed by atoms with Gasteiger partial charge >= 0.3 is 0 Å². The third-order valence-corrected chi connectivity index (χ3v) is 7.45. The van der Waals surface area contributed by atoms with E-state index in [2.05, 4.69) is 24.0 Å². The minimum Gasteiger partial charge on any atom is -0.394 e. The van der Waals surface area contributed by atoms with Gasteiger partial charge in [0.15, 0.2) is 0 Å². The quantitative estimate of drug-likeness (QED) is 0.738. The highest BCUT2D eigenvalue weighted by atomic mass is 16.3. The van der Waals surface area contributed by atoms with Crippen molar-refractivity contribution in [3.8, 4) is 11.8 Å². The Bertz CT molecular complexity index is 1060. The van der Waals surface area contributed by atoms with Crippen LogP contribution in [-0.4, -0.2) is 58.5 Å². The first kappa shape index (κ1) is 21.7. The summed E-state index contributed by atoms with van der Waals surface area (Å²) in [5.41, 5.74) is 2.67. The first-order valence-corrected chi connectivity index (χ1v) is 12.0. The smallest absolute Gasteiger partial charge is 0.254 e. The number of benzene rings is 2. The third kappa shape index (κ3) is 4.28. The van der Waals surface area contributed by atoms with E-state index in [0.717, 1.165) is 23.5 Å². The molecule has 5 nitrogen and oxygen atoms in total. The van der Waals surface area contributed by atoms with Gasteiger partial charge in [0.05, 0.1) is 18.7 Å². The molecule has 0 spiro atoms. The lowest BCUT2D eigenvalue weighted by atomic mass is 9.73. The Morgan fingerprint density at radius 1 is 1.03 bits per heavy atom. The molecule has 2 aromatic rings. The van der Waals surface area contributed by atoms with Gasteiger partial charge in [-0.1, -0.05) is 55.0 Å². The van der Waals surface area contributed by atoms with Crippen LogP contribution in [0.1, 0.15) is 59.5 Å². The maximum Gasteiger partial charge on any atom is 0.254 e. The molecule has 1 saturated carbocycles. The lowest BCUT2D eigenvalue weighted by Gasteiger charge is -2.58. The van der Waals surface area contributed by atoms with E-state index >= 15 is 0 Å². The lowest BCUT2D eigenvalue weighted by molar-refractivity contribution is -0.159. The van der Waals surface area contributed by atoms with E-state index < -0.39 is 0 Å². The molecule has 170 valence electrons. The SMILES string of the molecule is O=C(c1ccccc1)N1CC(=O)N2[C@H](C1)[C@@H](c1ccc(C#CCC3CCCC3)cc1)[C@@H]2CO. The van der Waals surface area contributed by atoms with Gasteiger partial charge in [0, 0.05) is 30.0 Å². The first-order valence-electron chi connectivity index (χ1n) is 12.0. The van der Waals surface area contributed by atoms with Crippen LogP contribution >= 0.6 is 0 Å². The largest absolute Gasteiger partial charge is 0.394 e. The predicted octanol–water partition coefficient (Wildman–Crippen LogP) is 3.43. The van der Waals surface area contributed by atoms with Gasteiger partial charge in [0.1, 0.15) is 6.54 Å². The van der Waals surface area contributed by atoms with E-state index in [1.807, 2.05) is 30.3 Å². The number of piperazine rings is 1. The molecule has 0 aromatic heterocycles. The van der Waals surface area contributed by atoms with E-state index in [4.69, 9.17) is 0 Å². The van der Waals surface area contributed by atoms with Crippen molar-refractivity contribution in [2.45, 2.75) is 50.1 Å². The Morgan fingerprint density at radius 2 is 1.76 bits per heavy atom. The number of nitrogens with zero attached hydrogens (tertiary/aromatic N) is 2. The number of hydrogen-bond donors (Lipinski definition) is 1. The molecule has 1 N–H and O–H groups in total. The molecule has 0 bridgehead atoms. The molecular formula is C28H30N2O3. The fourth-order valence-corrected chi connectivity index (χ4v) is 5.72. The van der Waals surface area contributed by atoms with Crippen molar-refractivity contribution >= 4 is 11.8 Å². The average molecular weight is 443 g/mol. The maximum absolute atomic E-state index is 12.9. The van der Waals surface area contributed by atoms with Crippen LogP contribution < -0.4 is 0 Å². The minimum atomic E-state index is -0.240. The molecule has 3 aliphatic rings. The van der Waals surface area contributed by atoms with Crippen LogP contribution in [0.15, 0.2) is 54.6 Å². The van der Waals surface area contributed by atoms with Gasteiger partial charge in [0.25, 0.3) is 5.91 Å². The second-order valence-corrected chi connectivity index (χ2v) is 9.47. The molecule has 3 atom stereocenters. The van der Waals surface area contributed by atoms with Gasteiger partial charge < -0.3 is 14.9 Å².